The number of nitrogens with zero attached hydrogens (tertiary/aromatic N) is 3. The number of hydrogen-bond donors (Lipinski definition) is 1. The Bertz CT molecular complexity index is 1050. The van der Waals surface area contributed by atoms with Crippen LogP contribution in [0.5, 0.6) is 11.5 Å². The van der Waals surface area contributed by atoms with E-state index in [1.54, 1.807) is 28.9 Å². The first-order valence-corrected chi connectivity index (χ1v) is 9.29. The van der Waals surface area contributed by atoms with E-state index in [0.717, 1.165) is 5.52 Å². The van der Waals surface area contributed by atoms with Gasteiger partial charge in [0.1, 0.15) is 18.2 Å². The predicted octanol–water partition coefficient (Wildman–Crippen LogP) is 1.56. The van der Waals surface area contributed by atoms with Gasteiger partial charge in [0.25, 0.3) is 5.91 Å². The fraction of sp³-hybridized carbons (Fsp3) is 0.300. The Kier molecular flexibility index (Phi) is 5.28. The van der Waals surface area contributed by atoms with E-state index < -0.39 is 11.9 Å². The smallest absolute Gasteiger partial charge is 0.338 e. The lowest BCUT2D eigenvalue weighted by molar-refractivity contribution is -0.124. The molecule has 1 amide bonds. The monoisotopic (exact) mass is 396 g/mol. The lowest BCUT2D eigenvalue weighted by Crippen LogP contribution is -2.42. The molecule has 150 valence electrons. The van der Waals surface area contributed by atoms with E-state index in [2.05, 4.69) is 15.6 Å². The molecule has 4 rings (SSSR count). The van der Waals surface area contributed by atoms with Crippen LogP contribution in [0, 0.1) is 0 Å². The summed E-state index contributed by atoms with van der Waals surface area (Å²) in [5, 5.41) is 10.7. The molecule has 1 aromatic heterocycles. The standard InChI is InChI=1S/C20H20N4O5/c1-2-24-16-8-7-13(9-15(16)22-23-24)20(26)28-12-19(25)21-10-14-11-27-17-5-3-4-6-18(17)29-14/h3-9,14H,2,10-12H2,1H3,(H,21,25). The molecule has 0 saturated heterocycles. The minimum Gasteiger partial charge on any atom is -0.486 e. The molecule has 0 aliphatic carbocycles. The molecule has 1 N–H and O–H groups in total. The van der Waals surface area contributed by atoms with Gasteiger partial charge in [-0.3, -0.25) is 4.79 Å². The summed E-state index contributed by atoms with van der Waals surface area (Å²) in [5.41, 5.74) is 1.74. The molecule has 9 heteroatoms. The zero-order valence-electron chi connectivity index (χ0n) is 15.8. The second kappa shape index (κ2) is 8.17. The van der Waals surface area contributed by atoms with Gasteiger partial charge in [-0.1, -0.05) is 17.3 Å². The second-order valence-corrected chi connectivity index (χ2v) is 6.49. The molecule has 3 aromatic rings. The van der Waals surface area contributed by atoms with Crippen molar-refractivity contribution >= 4 is 22.9 Å². The number of para-hydroxylation sites is 2. The first kappa shape index (κ1) is 18.7. The molecule has 1 unspecified atom stereocenters. The van der Waals surface area contributed by atoms with Crippen LogP contribution in [-0.4, -0.2) is 52.7 Å². The molecule has 0 saturated carbocycles. The van der Waals surface area contributed by atoms with Crippen molar-refractivity contribution in [3.8, 4) is 11.5 Å². The molecule has 9 nitrogen and oxygen atoms in total. The Hall–Kier alpha value is -3.62. The van der Waals surface area contributed by atoms with Gasteiger partial charge in [-0.25, -0.2) is 9.48 Å². The van der Waals surface area contributed by atoms with Gasteiger partial charge in [0.15, 0.2) is 18.1 Å². The zero-order chi connectivity index (χ0) is 20.2. The van der Waals surface area contributed by atoms with E-state index in [1.165, 1.54) is 0 Å². The maximum atomic E-state index is 12.2. The minimum absolute atomic E-state index is 0.247. The number of benzene rings is 2. The highest BCUT2D eigenvalue weighted by Gasteiger charge is 2.21. The third-order valence-electron chi connectivity index (χ3n) is 4.48. The van der Waals surface area contributed by atoms with Gasteiger partial charge in [0, 0.05) is 6.54 Å². The quantitative estimate of drug-likeness (QED) is 0.631. The third-order valence-corrected chi connectivity index (χ3v) is 4.48. The van der Waals surface area contributed by atoms with E-state index in [-0.39, 0.29) is 19.3 Å². The van der Waals surface area contributed by atoms with Crippen molar-refractivity contribution in [1.29, 1.82) is 0 Å². The van der Waals surface area contributed by atoms with Crippen molar-refractivity contribution < 1.29 is 23.8 Å². The van der Waals surface area contributed by atoms with Crippen molar-refractivity contribution in [2.75, 3.05) is 19.8 Å². The molecule has 0 radical (unpaired) electrons. The topological polar surface area (TPSA) is 105 Å². The highest BCUT2D eigenvalue weighted by molar-refractivity contribution is 5.94. The van der Waals surface area contributed by atoms with Crippen molar-refractivity contribution in [3.63, 3.8) is 0 Å². The van der Waals surface area contributed by atoms with Crippen LogP contribution in [0.15, 0.2) is 42.5 Å². The van der Waals surface area contributed by atoms with Gasteiger partial charge in [0.05, 0.1) is 17.6 Å². The molecule has 2 aromatic carbocycles. The Morgan fingerprint density at radius 1 is 1.24 bits per heavy atom. The zero-order valence-corrected chi connectivity index (χ0v) is 15.8. The highest BCUT2D eigenvalue weighted by Crippen LogP contribution is 2.30. The second-order valence-electron chi connectivity index (χ2n) is 6.49. The van der Waals surface area contributed by atoms with E-state index in [9.17, 15) is 9.59 Å². The van der Waals surface area contributed by atoms with Crippen LogP contribution in [0.25, 0.3) is 11.0 Å². The molecular weight excluding hydrogens is 376 g/mol. The average Bonchev–Trinajstić information content (AvgIpc) is 3.18. The number of amides is 1. The maximum Gasteiger partial charge on any atom is 0.338 e. The molecule has 29 heavy (non-hydrogen) atoms. The number of carbonyl (C=O) groups excluding carboxylic acids is 2. The first-order valence-electron chi connectivity index (χ1n) is 9.29. The van der Waals surface area contributed by atoms with Crippen LogP contribution in [0.4, 0.5) is 0 Å². The summed E-state index contributed by atoms with van der Waals surface area (Å²) in [7, 11) is 0. The van der Waals surface area contributed by atoms with Crippen LogP contribution in [0.2, 0.25) is 0 Å². The summed E-state index contributed by atoms with van der Waals surface area (Å²) >= 11 is 0. The summed E-state index contributed by atoms with van der Waals surface area (Å²) in [6, 6.07) is 12.3. The number of nitrogens with one attached hydrogen (secondary N) is 1. The van der Waals surface area contributed by atoms with Crippen LogP contribution in [0.1, 0.15) is 17.3 Å². The highest BCUT2D eigenvalue weighted by atomic mass is 16.6. The number of aryl methyl sites for hydroxylation is 1. The lowest BCUT2D eigenvalue weighted by atomic mass is 10.2. The fourth-order valence-corrected chi connectivity index (χ4v) is 2.99. The van der Waals surface area contributed by atoms with E-state index in [4.69, 9.17) is 14.2 Å². The minimum atomic E-state index is -0.598. The molecule has 0 bridgehead atoms. The Morgan fingerprint density at radius 3 is 2.90 bits per heavy atom. The number of ether oxygens (including phenoxy) is 3. The van der Waals surface area contributed by atoms with Crippen LogP contribution < -0.4 is 14.8 Å². The summed E-state index contributed by atoms with van der Waals surface area (Å²) in [6.45, 7) is 2.83. The number of hydrogen-bond acceptors (Lipinski definition) is 7. The molecule has 1 aliphatic heterocycles. The van der Waals surface area contributed by atoms with Crippen molar-refractivity contribution in [2.45, 2.75) is 19.6 Å². The van der Waals surface area contributed by atoms with Crippen LogP contribution in [-0.2, 0) is 16.1 Å². The summed E-state index contributed by atoms with van der Waals surface area (Å²) < 4.78 is 18.2. The molecule has 1 aliphatic rings. The van der Waals surface area contributed by atoms with Gasteiger partial charge in [0.2, 0.25) is 0 Å². The Balaban J connectivity index is 1.26. The van der Waals surface area contributed by atoms with Gasteiger partial charge in [-0.05, 0) is 37.3 Å². The third kappa shape index (κ3) is 4.13. The Morgan fingerprint density at radius 2 is 2.07 bits per heavy atom. The summed E-state index contributed by atoms with van der Waals surface area (Å²) in [5.74, 6) is 0.304. The molecule has 0 fully saturated rings. The van der Waals surface area contributed by atoms with Gasteiger partial charge < -0.3 is 19.5 Å². The molecular formula is C20H20N4O5. The van der Waals surface area contributed by atoms with Gasteiger partial charge in [-0.15, -0.1) is 5.10 Å². The average molecular weight is 396 g/mol. The maximum absolute atomic E-state index is 12.2. The molecule has 2 heterocycles. The largest absolute Gasteiger partial charge is 0.486 e. The van der Waals surface area contributed by atoms with Crippen molar-refractivity contribution in [1.82, 2.24) is 20.3 Å². The van der Waals surface area contributed by atoms with Crippen molar-refractivity contribution in [3.05, 3.63) is 48.0 Å². The lowest BCUT2D eigenvalue weighted by Gasteiger charge is -2.26. The molecule has 0 spiro atoms. The number of esters is 1. The van der Waals surface area contributed by atoms with E-state index >= 15 is 0 Å². The normalized spacial score (nSPS) is 15.1. The summed E-state index contributed by atoms with van der Waals surface area (Å²) in [4.78, 5) is 24.2. The van der Waals surface area contributed by atoms with E-state index in [0.29, 0.717) is 35.7 Å². The van der Waals surface area contributed by atoms with Crippen LogP contribution >= 0.6 is 0 Å². The number of aromatic nitrogens is 3. The number of fused-ring (bicyclic) bond motifs is 2. The molecule has 1 atom stereocenters. The first-order chi connectivity index (χ1) is 14.1. The predicted molar refractivity (Wildman–Crippen MR) is 103 cm³/mol. The number of carbonyl (C=O) groups is 2. The summed E-state index contributed by atoms with van der Waals surface area (Å²) in [6.07, 6.45) is -0.312. The van der Waals surface area contributed by atoms with Gasteiger partial charge in [-0.2, -0.15) is 0 Å². The number of rotatable bonds is 6. The van der Waals surface area contributed by atoms with E-state index in [1.807, 2.05) is 25.1 Å². The van der Waals surface area contributed by atoms with Crippen LogP contribution in [0.3, 0.4) is 0 Å². The van der Waals surface area contributed by atoms with Gasteiger partial charge >= 0.3 is 5.97 Å². The SMILES string of the molecule is CCn1nnc2cc(C(=O)OCC(=O)NCC3COc4ccccc4O3)ccc21. The van der Waals surface area contributed by atoms with Crippen molar-refractivity contribution in [2.24, 2.45) is 0 Å². The fourth-order valence-electron chi connectivity index (χ4n) is 2.99. The Labute approximate surface area is 166 Å².